The highest BCUT2D eigenvalue weighted by Crippen LogP contribution is 2.40. The van der Waals surface area contributed by atoms with Crippen LogP contribution in [0.2, 0.25) is 0 Å². The summed E-state index contributed by atoms with van der Waals surface area (Å²) in [5, 5.41) is 0. The SMILES string of the molecule is COc1ccc(OC)c(C2CN(C(=O)c3ccco3)CC2C(=O)N(C)Cc2ccccc2)c1. The van der Waals surface area contributed by atoms with E-state index in [-0.39, 0.29) is 23.5 Å². The molecule has 2 amide bonds. The lowest BCUT2D eigenvalue weighted by atomic mass is 9.87. The molecule has 4 rings (SSSR count). The second-order valence-electron chi connectivity index (χ2n) is 8.19. The van der Waals surface area contributed by atoms with Gasteiger partial charge >= 0.3 is 0 Å². The average molecular weight is 449 g/mol. The number of ether oxygens (including phenoxy) is 2. The predicted molar refractivity (Wildman–Crippen MR) is 123 cm³/mol. The van der Waals surface area contributed by atoms with Gasteiger partial charge in [-0.3, -0.25) is 9.59 Å². The number of hydrogen-bond acceptors (Lipinski definition) is 5. The summed E-state index contributed by atoms with van der Waals surface area (Å²) in [6.07, 6.45) is 1.47. The van der Waals surface area contributed by atoms with E-state index in [0.717, 1.165) is 11.1 Å². The highest BCUT2D eigenvalue weighted by molar-refractivity contribution is 5.93. The molecule has 3 aromatic rings. The van der Waals surface area contributed by atoms with E-state index in [4.69, 9.17) is 13.9 Å². The lowest BCUT2D eigenvalue weighted by Gasteiger charge is -2.25. The number of amides is 2. The van der Waals surface area contributed by atoms with Crippen molar-refractivity contribution < 1.29 is 23.5 Å². The van der Waals surface area contributed by atoms with Crippen molar-refractivity contribution in [2.45, 2.75) is 12.5 Å². The maximum absolute atomic E-state index is 13.6. The van der Waals surface area contributed by atoms with E-state index in [1.54, 1.807) is 43.2 Å². The van der Waals surface area contributed by atoms with Crippen LogP contribution in [0.3, 0.4) is 0 Å². The van der Waals surface area contributed by atoms with Crippen molar-refractivity contribution in [1.29, 1.82) is 0 Å². The number of carbonyl (C=O) groups excluding carboxylic acids is 2. The molecule has 0 bridgehead atoms. The Balaban J connectivity index is 1.65. The first-order valence-electron chi connectivity index (χ1n) is 10.9. The fraction of sp³-hybridized carbons (Fsp3) is 0.308. The van der Waals surface area contributed by atoms with Gasteiger partial charge in [0.1, 0.15) is 11.5 Å². The second kappa shape index (κ2) is 9.81. The molecule has 0 N–H and O–H groups in total. The molecule has 0 radical (unpaired) electrons. The molecule has 2 aromatic carbocycles. The van der Waals surface area contributed by atoms with Crippen molar-refractivity contribution in [2.24, 2.45) is 5.92 Å². The molecule has 1 saturated heterocycles. The third-order valence-electron chi connectivity index (χ3n) is 6.13. The van der Waals surface area contributed by atoms with Crippen LogP contribution in [0, 0.1) is 5.92 Å². The number of hydrogen-bond donors (Lipinski definition) is 0. The van der Waals surface area contributed by atoms with Crippen molar-refractivity contribution in [3.8, 4) is 11.5 Å². The molecule has 7 heteroatoms. The van der Waals surface area contributed by atoms with Gasteiger partial charge < -0.3 is 23.7 Å². The number of rotatable bonds is 7. The van der Waals surface area contributed by atoms with Crippen molar-refractivity contribution in [3.05, 3.63) is 83.8 Å². The molecule has 0 saturated carbocycles. The van der Waals surface area contributed by atoms with Crippen LogP contribution in [0.1, 0.15) is 27.6 Å². The van der Waals surface area contributed by atoms with Crippen molar-refractivity contribution in [2.75, 3.05) is 34.4 Å². The molecular weight excluding hydrogens is 420 g/mol. The van der Waals surface area contributed by atoms with E-state index >= 15 is 0 Å². The molecule has 1 aliphatic rings. The number of furan rings is 1. The van der Waals surface area contributed by atoms with Gasteiger partial charge in [-0.2, -0.15) is 0 Å². The lowest BCUT2D eigenvalue weighted by Crippen LogP contribution is -2.36. The van der Waals surface area contributed by atoms with Crippen LogP contribution in [0.4, 0.5) is 0 Å². The smallest absolute Gasteiger partial charge is 0.289 e. The lowest BCUT2D eigenvalue weighted by molar-refractivity contribution is -0.134. The first kappa shape index (κ1) is 22.5. The Kier molecular flexibility index (Phi) is 6.68. The number of carbonyl (C=O) groups is 2. The molecule has 0 spiro atoms. The van der Waals surface area contributed by atoms with Crippen molar-refractivity contribution in [1.82, 2.24) is 9.80 Å². The summed E-state index contributed by atoms with van der Waals surface area (Å²) in [6, 6.07) is 18.7. The first-order valence-corrected chi connectivity index (χ1v) is 10.9. The molecule has 2 heterocycles. The van der Waals surface area contributed by atoms with E-state index in [1.165, 1.54) is 6.26 Å². The molecule has 1 fully saturated rings. The van der Waals surface area contributed by atoms with Gasteiger partial charge in [-0.15, -0.1) is 0 Å². The molecule has 172 valence electrons. The summed E-state index contributed by atoms with van der Waals surface area (Å²) in [7, 11) is 5.00. The van der Waals surface area contributed by atoms with Gasteiger partial charge in [0.2, 0.25) is 5.91 Å². The molecule has 1 aliphatic heterocycles. The minimum absolute atomic E-state index is 0.0246. The van der Waals surface area contributed by atoms with Gasteiger partial charge in [-0.1, -0.05) is 30.3 Å². The molecule has 2 unspecified atom stereocenters. The molecule has 33 heavy (non-hydrogen) atoms. The van der Waals surface area contributed by atoms with E-state index in [9.17, 15) is 9.59 Å². The molecule has 0 aliphatic carbocycles. The van der Waals surface area contributed by atoms with Crippen LogP contribution in [0.5, 0.6) is 11.5 Å². The van der Waals surface area contributed by atoms with Gasteiger partial charge in [0.15, 0.2) is 5.76 Å². The summed E-state index contributed by atoms with van der Waals surface area (Å²) in [6.45, 7) is 1.16. The topological polar surface area (TPSA) is 72.2 Å². The number of benzene rings is 2. The van der Waals surface area contributed by atoms with E-state index < -0.39 is 5.92 Å². The van der Waals surface area contributed by atoms with E-state index in [2.05, 4.69) is 0 Å². The maximum atomic E-state index is 13.6. The van der Waals surface area contributed by atoms with Crippen LogP contribution < -0.4 is 9.47 Å². The summed E-state index contributed by atoms with van der Waals surface area (Å²) in [4.78, 5) is 30.1. The maximum Gasteiger partial charge on any atom is 0.289 e. The number of nitrogens with zero attached hydrogens (tertiary/aromatic N) is 2. The molecular formula is C26H28N2O5. The van der Waals surface area contributed by atoms with Crippen molar-refractivity contribution >= 4 is 11.8 Å². The summed E-state index contributed by atoms with van der Waals surface area (Å²) in [5.74, 6) is 0.661. The Morgan fingerprint density at radius 3 is 2.48 bits per heavy atom. The third-order valence-corrected chi connectivity index (χ3v) is 6.13. The number of methoxy groups -OCH3 is 2. The standard InChI is InChI=1S/C26H28N2O5/c1-27(15-18-8-5-4-6-9-18)25(29)22-17-28(26(30)24-10-7-13-33-24)16-21(22)20-14-19(31-2)11-12-23(20)32-3/h4-14,21-22H,15-17H2,1-3H3. The Labute approximate surface area is 193 Å². The van der Waals surface area contributed by atoms with Gasteiger partial charge in [-0.05, 0) is 35.9 Å². The van der Waals surface area contributed by atoms with Gasteiger partial charge in [-0.25, -0.2) is 0 Å². The summed E-state index contributed by atoms with van der Waals surface area (Å²) in [5.41, 5.74) is 1.89. The van der Waals surface area contributed by atoms with Gasteiger partial charge in [0, 0.05) is 38.2 Å². The number of likely N-dealkylation sites (tertiary alicyclic amines) is 1. The predicted octanol–water partition coefficient (Wildman–Crippen LogP) is 3.81. The second-order valence-corrected chi connectivity index (χ2v) is 8.19. The van der Waals surface area contributed by atoms with E-state index in [1.807, 2.05) is 48.5 Å². The minimum atomic E-state index is -0.432. The quantitative estimate of drug-likeness (QED) is 0.550. The van der Waals surface area contributed by atoms with Crippen LogP contribution in [0.25, 0.3) is 0 Å². The van der Waals surface area contributed by atoms with Crippen LogP contribution in [-0.4, -0.2) is 56.0 Å². The highest BCUT2D eigenvalue weighted by atomic mass is 16.5. The van der Waals surface area contributed by atoms with Crippen LogP contribution in [-0.2, 0) is 11.3 Å². The molecule has 2 atom stereocenters. The van der Waals surface area contributed by atoms with Gasteiger partial charge in [0.25, 0.3) is 5.91 Å². The fourth-order valence-corrected chi connectivity index (χ4v) is 4.44. The summed E-state index contributed by atoms with van der Waals surface area (Å²) >= 11 is 0. The third kappa shape index (κ3) is 4.72. The first-order chi connectivity index (χ1) is 16.0. The Morgan fingerprint density at radius 2 is 1.82 bits per heavy atom. The minimum Gasteiger partial charge on any atom is -0.497 e. The Morgan fingerprint density at radius 1 is 1.03 bits per heavy atom. The van der Waals surface area contributed by atoms with Crippen molar-refractivity contribution in [3.63, 3.8) is 0 Å². The monoisotopic (exact) mass is 448 g/mol. The Hall–Kier alpha value is -3.74. The van der Waals surface area contributed by atoms with E-state index in [0.29, 0.717) is 31.1 Å². The Bertz CT molecular complexity index is 1100. The summed E-state index contributed by atoms with van der Waals surface area (Å²) < 4.78 is 16.4. The zero-order valence-corrected chi connectivity index (χ0v) is 19.1. The zero-order chi connectivity index (χ0) is 23.4. The van der Waals surface area contributed by atoms with Crippen LogP contribution in [0.15, 0.2) is 71.3 Å². The van der Waals surface area contributed by atoms with Crippen LogP contribution >= 0.6 is 0 Å². The normalized spacial score (nSPS) is 17.6. The fourth-order valence-electron chi connectivity index (χ4n) is 4.44. The zero-order valence-electron chi connectivity index (χ0n) is 19.1. The van der Waals surface area contributed by atoms with Gasteiger partial charge in [0.05, 0.1) is 26.4 Å². The largest absolute Gasteiger partial charge is 0.497 e. The molecule has 1 aromatic heterocycles. The molecule has 7 nitrogen and oxygen atoms in total. The highest BCUT2D eigenvalue weighted by Gasteiger charge is 2.43. The average Bonchev–Trinajstić information content (AvgIpc) is 3.54.